The maximum Gasteiger partial charge on any atom is 0.305 e. The quantitative estimate of drug-likeness (QED) is 0.346. The van der Waals surface area contributed by atoms with Crippen LogP contribution < -0.4 is 10.6 Å². The van der Waals surface area contributed by atoms with Gasteiger partial charge in [0.1, 0.15) is 0 Å². The van der Waals surface area contributed by atoms with Crippen LogP contribution in [-0.2, 0) is 14.4 Å². The lowest BCUT2D eigenvalue weighted by molar-refractivity contribution is -0.137. The number of amides is 2. The van der Waals surface area contributed by atoms with Crippen molar-refractivity contribution in [1.82, 2.24) is 15.5 Å². The van der Waals surface area contributed by atoms with Gasteiger partial charge in [-0.05, 0) is 33.4 Å². The highest BCUT2D eigenvalue weighted by Crippen LogP contribution is 2.06. The largest absolute Gasteiger partial charge is 0.481 e. The van der Waals surface area contributed by atoms with E-state index in [4.69, 9.17) is 5.11 Å². The fourth-order valence-electron chi connectivity index (χ4n) is 1.66. The molecular weight excluding hydrogens is 250 g/mol. The van der Waals surface area contributed by atoms with Crippen LogP contribution >= 0.6 is 0 Å². The Morgan fingerprint density at radius 1 is 1.26 bits per heavy atom. The van der Waals surface area contributed by atoms with E-state index in [1.165, 1.54) is 0 Å². The minimum Gasteiger partial charge on any atom is -0.481 e. The van der Waals surface area contributed by atoms with Gasteiger partial charge in [0.05, 0.1) is 12.5 Å². The zero-order valence-electron chi connectivity index (χ0n) is 11.5. The van der Waals surface area contributed by atoms with Crippen molar-refractivity contribution in [1.29, 1.82) is 0 Å². The van der Waals surface area contributed by atoms with E-state index < -0.39 is 5.97 Å². The Kier molecular flexibility index (Phi) is 9.42. The van der Waals surface area contributed by atoms with Gasteiger partial charge in [-0.1, -0.05) is 0 Å². The Morgan fingerprint density at radius 2 is 1.95 bits per heavy atom. The molecule has 0 saturated carbocycles. The number of carbonyl (C=O) groups excluding carboxylic acids is 2. The Balaban J connectivity index is 3.98. The van der Waals surface area contributed by atoms with Crippen molar-refractivity contribution in [2.45, 2.75) is 31.7 Å². The van der Waals surface area contributed by atoms with Gasteiger partial charge in [-0.15, -0.1) is 0 Å². The summed E-state index contributed by atoms with van der Waals surface area (Å²) in [5.74, 6) is -1.09. The zero-order chi connectivity index (χ0) is 14.7. The Bertz CT molecular complexity index is 295. The lowest BCUT2D eigenvalue weighted by Gasteiger charge is -2.23. The normalized spacial score (nSPS) is 11.9. The maximum absolute atomic E-state index is 11.9. The number of carboxylic acids is 1. The molecule has 0 heterocycles. The van der Waals surface area contributed by atoms with Crippen LogP contribution in [0, 0.1) is 0 Å². The van der Waals surface area contributed by atoms with Crippen molar-refractivity contribution >= 4 is 18.3 Å². The fraction of sp³-hybridized carbons (Fsp3) is 0.750. The Morgan fingerprint density at radius 3 is 2.47 bits per heavy atom. The summed E-state index contributed by atoms with van der Waals surface area (Å²) in [4.78, 5) is 34.1. The number of unbranched alkanes of at least 4 members (excludes halogenated alkanes) is 1. The summed E-state index contributed by atoms with van der Waals surface area (Å²) in [6.07, 6.45) is 2.88. The number of rotatable bonds is 11. The molecule has 0 fully saturated rings. The number of nitrogens with one attached hydrogen (secondary N) is 2. The van der Waals surface area contributed by atoms with Crippen LogP contribution in [-0.4, -0.2) is 61.5 Å². The molecular formula is C12H23N3O4. The van der Waals surface area contributed by atoms with E-state index in [0.717, 1.165) is 12.8 Å². The number of carboxylic acid groups (broad SMARTS) is 1. The Hall–Kier alpha value is -1.63. The zero-order valence-corrected chi connectivity index (χ0v) is 11.5. The van der Waals surface area contributed by atoms with Crippen molar-refractivity contribution in [3.8, 4) is 0 Å². The molecule has 7 heteroatoms. The average Bonchev–Trinajstić information content (AvgIpc) is 2.32. The summed E-state index contributed by atoms with van der Waals surface area (Å²) in [6, 6.07) is -0.273. The van der Waals surface area contributed by atoms with E-state index in [-0.39, 0.29) is 24.9 Å². The first-order valence-electron chi connectivity index (χ1n) is 6.32. The molecule has 0 aromatic heterocycles. The van der Waals surface area contributed by atoms with Crippen molar-refractivity contribution in [3.63, 3.8) is 0 Å². The second-order valence-corrected chi connectivity index (χ2v) is 4.48. The lowest BCUT2D eigenvalue weighted by atomic mass is 10.1. The van der Waals surface area contributed by atoms with E-state index >= 15 is 0 Å². The first-order chi connectivity index (χ1) is 8.99. The SMILES string of the molecule is CN(C)C(CCCCNC=O)C(=O)NCCC(=O)O. The predicted octanol–water partition coefficient (Wildman–Crippen LogP) is -0.576. The molecule has 19 heavy (non-hydrogen) atoms. The van der Waals surface area contributed by atoms with Crippen LogP contribution in [0.5, 0.6) is 0 Å². The van der Waals surface area contributed by atoms with Gasteiger partial charge in [-0.25, -0.2) is 0 Å². The number of hydrogen-bond donors (Lipinski definition) is 3. The number of likely N-dealkylation sites (N-methyl/N-ethyl adjacent to an activating group) is 1. The molecule has 0 spiro atoms. The number of nitrogens with zero attached hydrogens (tertiary/aromatic N) is 1. The van der Waals surface area contributed by atoms with Gasteiger partial charge in [0, 0.05) is 13.1 Å². The smallest absolute Gasteiger partial charge is 0.305 e. The topological polar surface area (TPSA) is 98.7 Å². The van der Waals surface area contributed by atoms with Crippen LogP contribution in [0.15, 0.2) is 0 Å². The third-order valence-electron chi connectivity index (χ3n) is 2.70. The molecule has 0 radical (unpaired) electrons. The first kappa shape index (κ1) is 17.4. The third kappa shape index (κ3) is 9.01. The van der Waals surface area contributed by atoms with Crippen LogP contribution in [0.1, 0.15) is 25.7 Å². The summed E-state index contributed by atoms with van der Waals surface area (Å²) in [5.41, 5.74) is 0. The average molecular weight is 273 g/mol. The molecule has 0 aliphatic carbocycles. The molecule has 1 atom stereocenters. The standard InChI is InChI=1S/C12H23N3O4/c1-15(2)10(5-3-4-7-13-9-16)12(19)14-8-6-11(17)18/h9-10H,3-8H2,1-2H3,(H,13,16)(H,14,19)(H,17,18). The molecule has 2 amide bonds. The second-order valence-electron chi connectivity index (χ2n) is 4.48. The van der Waals surface area contributed by atoms with Gasteiger partial charge in [-0.3, -0.25) is 19.3 Å². The van der Waals surface area contributed by atoms with Gasteiger partial charge in [0.2, 0.25) is 12.3 Å². The van der Waals surface area contributed by atoms with Crippen molar-refractivity contribution in [2.75, 3.05) is 27.2 Å². The molecule has 0 aliphatic rings. The van der Waals surface area contributed by atoms with Crippen LogP contribution in [0.3, 0.4) is 0 Å². The van der Waals surface area contributed by atoms with Gasteiger partial charge in [-0.2, -0.15) is 0 Å². The van der Waals surface area contributed by atoms with E-state index in [0.29, 0.717) is 19.4 Å². The molecule has 0 aliphatic heterocycles. The summed E-state index contributed by atoms with van der Waals surface area (Å²) in [7, 11) is 3.62. The van der Waals surface area contributed by atoms with Gasteiger partial charge < -0.3 is 15.7 Å². The molecule has 0 rings (SSSR count). The first-order valence-corrected chi connectivity index (χ1v) is 6.32. The van der Waals surface area contributed by atoms with E-state index in [1.807, 2.05) is 19.0 Å². The van der Waals surface area contributed by atoms with Crippen molar-refractivity contribution < 1.29 is 19.5 Å². The van der Waals surface area contributed by atoms with E-state index in [2.05, 4.69) is 10.6 Å². The van der Waals surface area contributed by atoms with E-state index in [9.17, 15) is 14.4 Å². The Labute approximate surface area is 113 Å². The number of hydrogen-bond acceptors (Lipinski definition) is 4. The molecule has 3 N–H and O–H groups in total. The van der Waals surface area contributed by atoms with E-state index in [1.54, 1.807) is 0 Å². The third-order valence-corrected chi connectivity index (χ3v) is 2.70. The molecule has 7 nitrogen and oxygen atoms in total. The fourth-order valence-corrected chi connectivity index (χ4v) is 1.66. The molecule has 0 saturated heterocycles. The maximum atomic E-state index is 11.9. The summed E-state index contributed by atoms with van der Waals surface area (Å²) < 4.78 is 0. The van der Waals surface area contributed by atoms with Crippen molar-refractivity contribution in [3.05, 3.63) is 0 Å². The van der Waals surface area contributed by atoms with Crippen LogP contribution in [0.2, 0.25) is 0 Å². The van der Waals surface area contributed by atoms with Crippen molar-refractivity contribution in [2.24, 2.45) is 0 Å². The second kappa shape index (κ2) is 10.3. The minimum absolute atomic E-state index is 0.0743. The highest BCUT2D eigenvalue weighted by molar-refractivity contribution is 5.82. The van der Waals surface area contributed by atoms with Crippen LogP contribution in [0.25, 0.3) is 0 Å². The molecule has 0 bridgehead atoms. The predicted molar refractivity (Wildman–Crippen MR) is 70.7 cm³/mol. The highest BCUT2D eigenvalue weighted by Gasteiger charge is 2.19. The summed E-state index contributed by atoms with van der Waals surface area (Å²) >= 11 is 0. The summed E-state index contributed by atoms with van der Waals surface area (Å²) in [5, 5.41) is 13.7. The molecule has 0 aromatic carbocycles. The van der Waals surface area contributed by atoms with Gasteiger partial charge >= 0.3 is 5.97 Å². The number of aliphatic carboxylic acids is 1. The van der Waals surface area contributed by atoms with Gasteiger partial charge in [0.25, 0.3) is 0 Å². The molecule has 1 unspecified atom stereocenters. The lowest BCUT2D eigenvalue weighted by Crippen LogP contribution is -2.44. The molecule has 110 valence electrons. The number of carbonyl (C=O) groups is 3. The monoisotopic (exact) mass is 273 g/mol. The summed E-state index contributed by atoms with van der Waals surface area (Å²) in [6.45, 7) is 0.746. The minimum atomic E-state index is -0.929. The highest BCUT2D eigenvalue weighted by atomic mass is 16.4. The van der Waals surface area contributed by atoms with Crippen LogP contribution in [0.4, 0.5) is 0 Å². The molecule has 0 aromatic rings. The van der Waals surface area contributed by atoms with Gasteiger partial charge in [0.15, 0.2) is 0 Å².